The van der Waals surface area contributed by atoms with Gasteiger partial charge in [-0.25, -0.2) is 0 Å². The third kappa shape index (κ3) is 4.98. The van der Waals surface area contributed by atoms with Crippen molar-refractivity contribution in [2.24, 2.45) is 5.73 Å². The van der Waals surface area contributed by atoms with E-state index >= 15 is 0 Å². The quantitative estimate of drug-likeness (QED) is 0.725. The van der Waals surface area contributed by atoms with Crippen LogP contribution >= 0.6 is 11.8 Å². The molecular weight excluding hydrogens is 234 g/mol. The number of thioether (sulfide) groups is 1. The molecule has 4 heteroatoms. The van der Waals surface area contributed by atoms with Crippen molar-refractivity contribution in [1.29, 1.82) is 0 Å². The van der Waals surface area contributed by atoms with Crippen LogP contribution in [-0.4, -0.2) is 33.1 Å². The van der Waals surface area contributed by atoms with Crippen LogP contribution in [0.1, 0.15) is 17.2 Å². The first-order valence-electron chi connectivity index (χ1n) is 5.76. The zero-order valence-electron chi connectivity index (χ0n) is 10.5. The van der Waals surface area contributed by atoms with Crippen molar-refractivity contribution < 1.29 is 9.47 Å². The number of nitrogens with two attached hydrogens (primary N) is 1. The molecule has 0 heterocycles. The molecule has 0 amide bonds. The van der Waals surface area contributed by atoms with Crippen LogP contribution in [0.2, 0.25) is 0 Å². The van der Waals surface area contributed by atoms with Crippen molar-refractivity contribution in [3.05, 3.63) is 29.8 Å². The molecule has 17 heavy (non-hydrogen) atoms. The highest BCUT2D eigenvalue weighted by Gasteiger charge is 2.09. The second-order valence-electron chi connectivity index (χ2n) is 3.71. The molecule has 1 unspecified atom stereocenters. The lowest BCUT2D eigenvalue weighted by molar-refractivity contribution is 0.200. The van der Waals surface area contributed by atoms with Crippen LogP contribution in [0, 0.1) is 0 Å². The molecule has 0 fully saturated rings. The van der Waals surface area contributed by atoms with Crippen LogP contribution in [0.3, 0.4) is 0 Å². The van der Waals surface area contributed by atoms with Gasteiger partial charge in [0.15, 0.2) is 0 Å². The van der Waals surface area contributed by atoms with Crippen LogP contribution in [0.4, 0.5) is 0 Å². The Labute approximate surface area is 108 Å². The molecule has 0 aliphatic rings. The van der Waals surface area contributed by atoms with Gasteiger partial charge in [-0.1, -0.05) is 12.1 Å². The van der Waals surface area contributed by atoms with Gasteiger partial charge in [0.25, 0.3) is 0 Å². The summed E-state index contributed by atoms with van der Waals surface area (Å²) in [6.07, 6.45) is 1.06. The lowest BCUT2D eigenvalue weighted by atomic mass is 10.1. The van der Waals surface area contributed by atoms with E-state index in [1.165, 1.54) is 5.56 Å². The summed E-state index contributed by atoms with van der Waals surface area (Å²) in [6.45, 7) is 1.47. The summed E-state index contributed by atoms with van der Waals surface area (Å²) < 4.78 is 10.2. The Hall–Kier alpha value is -0.710. The van der Waals surface area contributed by atoms with Gasteiger partial charge >= 0.3 is 0 Å². The Morgan fingerprint density at radius 3 is 2.47 bits per heavy atom. The van der Waals surface area contributed by atoms with E-state index in [1.54, 1.807) is 14.2 Å². The van der Waals surface area contributed by atoms with Crippen molar-refractivity contribution in [1.82, 2.24) is 0 Å². The molecule has 1 aromatic rings. The number of hydrogen-bond donors (Lipinski definition) is 1. The van der Waals surface area contributed by atoms with E-state index in [9.17, 15) is 0 Å². The molecule has 3 nitrogen and oxygen atoms in total. The Kier molecular flexibility index (Phi) is 7.08. The van der Waals surface area contributed by atoms with Crippen LogP contribution in [0.15, 0.2) is 24.3 Å². The molecule has 0 saturated carbocycles. The SMILES string of the molecule is COCCCSC(CN)c1ccc(OC)cc1. The first-order valence-corrected chi connectivity index (χ1v) is 6.81. The maximum atomic E-state index is 5.81. The number of benzene rings is 1. The number of hydrogen-bond acceptors (Lipinski definition) is 4. The fourth-order valence-electron chi connectivity index (χ4n) is 1.55. The third-order valence-corrected chi connectivity index (χ3v) is 3.90. The zero-order valence-corrected chi connectivity index (χ0v) is 11.3. The minimum atomic E-state index is 0.359. The smallest absolute Gasteiger partial charge is 0.118 e. The van der Waals surface area contributed by atoms with Gasteiger partial charge in [0.1, 0.15) is 5.75 Å². The fraction of sp³-hybridized carbons (Fsp3) is 0.538. The summed E-state index contributed by atoms with van der Waals surface area (Å²) in [5.74, 6) is 1.95. The Morgan fingerprint density at radius 1 is 1.24 bits per heavy atom. The van der Waals surface area contributed by atoms with Crippen LogP contribution in [0.5, 0.6) is 5.75 Å². The first-order chi connectivity index (χ1) is 8.31. The monoisotopic (exact) mass is 255 g/mol. The van der Waals surface area contributed by atoms with Crippen molar-refractivity contribution in [2.75, 3.05) is 33.1 Å². The Balaban J connectivity index is 2.47. The first kappa shape index (κ1) is 14.4. The van der Waals surface area contributed by atoms with E-state index in [2.05, 4.69) is 12.1 Å². The number of ether oxygens (including phenoxy) is 2. The van der Waals surface area contributed by atoms with Crippen molar-refractivity contribution >= 4 is 11.8 Å². The molecule has 0 saturated heterocycles. The number of methoxy groups -OCH3 is 2. The molecule has 1 aromatic carbocycles. The average Bonchev–Trinajstić information content (AvgIpc) is 2.39. The molecule has 2 N–H and O–H groups in total. The van der Waals surface area contributed by atoms with Crippen molar-refractivity contribution in [2.45, 2.75) is 11.7 Å². The van der Waals surface area contributed by atoms with Gasteiger partial charge in [0.2, 0.25) is 0 Å². The fourth-order valence-corrected chi connectivity index (χ4v) is 2.60. The highest BCUT2D eigenvalue weighted by molar-refractivity contribution is 7.99. The molecule has 0 aromatic heterocycles. The van der Waals surface area contributed by atoms with Crippen LogP contribution < -0.4 is 10.5 Å². The second-order valence-corrected chi connectivity index (χ2v) is 5.03. The van der Waals surface area contributed by atoms with Gasteiger partial charge in [-0.2, -0.15) is 11.8 Å². The predicted molar refractivity (Wildman–Crippen MR) is 73.7 cm³/mol. The summed E-state index contributed by atoms with van der Waals surface area (Å²) in [7, 11) is 3.41. The maximum absolute atomic E-state index is 5.81. The maximum Gasteiger partial charge on any atom is 0.118 e. The highest BCUT2D eigenvalue weighted by Crippen LogP contribution is 2.29. The van der Waals surface area contributed by atoms with Crippen molar-refractivity contribution in [3.63, 3.8) is 0 Å². The highest BCUT2D eigenvalue weighted by atomic mass is 32.2. The van der Waals surface area contributed by atoms with Crippen molar-refractivity contribution in [3.8, 4) is 5.75 Å². The van der Waals surface area contributed by atoms with Gasteiger partial charge in [-0.15, -0.1) is 0 Å². The lowest BCUT2D eigenvalue weighted by Gasteiger charge is -2.15. The molecule has 0 radical (unpaired) electrons. The molecule has 0 spiro atoms. The molecule has 96 valence electrons. The van der Waals surface area contributed by atoms with E-state index in [-0.39, 0.29) is 0 Å². The van der Waals surface area contributed by atoms with Gasteiger partial charge in [-0.3, -0.25) is 0 Å². The number of rotatable bonds is 8. The third-order valence-electron chi connectivity index (χ3n) is 2.51. The Bertz CT molecular complexity index is 303. The summed E-state index contributed by atoms with van der Waals surface area (Å²) in [5, 5.41) is 0.359. The largest absolute Gasteiger partial charge is 0.497 e. The van der Waals surface area contributed by atoms with Crippen LogP contribution in [-0.2, 0) is 4.74 Å². The van der Waals surface area contributed by atoms with Gasteiger partial charge in [0, 0.05) is 25.5 Å². The molecule has 1 rings (SSSR count). The minimum absolute atomic E-state index is 0.359. The molecule has 1 atom stereocenters. The van der Waals surface area contributed by atoms with E-state index in [0.717, 1.165) is 24.5 Å². The zero-order chi connectivity index (χ0) is 12.5. The van der Waals surface area contributed by atoms with Gasteiger partial charge in [0.05, 0.1) is 7.11 Å². The average molecular weight is 255 g/mol. The van der Waals surface area contributed by atoms with Gasteiger partial charge in [-0.05, 0) is 29.9 Å². The molecular formula is C13H21NO2S. The molecule has 0 bridgehead atoms. The van der Waals surface area contributed by atoms with E-state index in [1.807, 2.05) is 23.9 Å². The summed E-state index contributed by atoms with van der Waals surface area (Å²) in [4.78, 5) is 0. The topological polar surface area (TPSA) is 44.5 Å². The van der Waals surface area contributed by atoms with E-state index < -0.39 is 0 Å². The summed E-state index contributed by atoms with van der Waals surface area (Å²) in [6, 6.07) is 8.13. The normalized spacial score (nSPS) is 12.4. The molecule has 0 aliphatic heterocycles. The summed E-state index contributed by atoms with van der Waals surface area (Å²) in [5.41, 5.74) is 7.07. The Morgan fingerprint density at radius 2 is 1.94 bits per heavy atom. The van der Waals surface area contributed by atoms with E-state index in [4.69, 9.17) is 15.2 Å². The second kappa shape index (κ2) is 8.39. The predicted octanol–water partition coefficient (Wildman–Crippen LogP) is 2.46. The standard InChI is InChI=1S/C13H21NO2S/c1-15-8-3-9-17-13(10-14)11-4-6-12(16-2)7-5-11/h4-7,13H,3,8-10,14H2,1-2H3. The minimum Gasteiger partial charge on any atom is -0.497 e. The van der Waals surface area contributed by atoms with Gasteiger partial charge < -0.3 is 15.2 Å². The van der Waals surface area contributed by atoms with E-state index in [0.29, 0.717) is 11.8 Å². The summed E-state index contributed by atoms with van der Waals surface area (Å²) >= 11 is 1.88. The van der Waals surface area contributed by atoms with Crippen LogP contribution in [0.25, 0.3) is 0 Å². The lowest BCUT2D eigenvalue weighted by Crippen LogP contribution is -2.10. The molecule has 0 aliphatic carbocycles.